The van der Waals surface area contributed by atoms with Gasteiger partial charge in [-0.1, -0.05) is 22.0 Å². The number of rotatable bonds is 4. The molecule has 146 valence electrons. The molecule has 1 amide bonds. The second-order valence-corrected chi connectivity index (χ2v) is 8.13. The SMILES string of the molecule is CC1(C)/C(=N/COC[C@@H]2CNC(=O)O2)c2cc(Br)ccc2-c2ncnc(N)c21. The van der Waals surface area contributed by atoms with E-state index in [0.29, 0.717) is 12.4 Å². The normalized spacial score (nSPS) is 21.0. The number of nitrogen functional groups attached to an aromatic ring is 1. The number of hydrogen-bond acceptors (Lipinski definition) is 7. The van der Waals surface area contributed by atoms with Gasteiger partial charge < -0.3 is 20.5 Å². The van der Waals surface area contributed by atoms with Crippen LogP contribution >= 0.6 is 15.9 Å². The van der Waals surface area contributed by atoms with Crippen molar-refractivity contribution in [1.29, 1.82) is 0 Å². The summed E-state index contributed by atoms with van der Waals surface area (Å²) in [5.41, 5.74) is 10.2. The Morgan fingerprint density at radius 2 is 2.21 bits per heavy atom. The number of fused-ring (bicyclic) bond motifs is 3. The number of halogens is 1. The lowest BCUT2D eigenvalue weighted by molar-refractivity contribution is 0.0492. The molecule has 1 aliphatic heterocycles. The van der Waals surface area contributed by atoms with Crippen LogP contribution < -0.4 is 11.1 Å². The highest BCUT2D eigenvalue weighted by Crippen LogP contribution is 2.44. The van der Waals surface area contributed by atoms with E-state index in [-0.39, 0.29) is 19.4 Å². The Morgan fingerprint density at radius 1 is 1.39 bits per heavy atom. The van der Waals surface area contributed by atoms with Crippen molar-refractivity contribution >= 4 is 33.6 Å². The van der Waals surface area contributed by atoms with Crippen molar-refractivity contribution in [2.45, 2.75) is 25.4 Å². The summed E-state index contributed by atoms with van der Waals surface area (Å²) in [6.07, 6.45) is 0.774. The maximum absolute atomic E-state index is 11.1. The number of benzene rings is 1. The van der Waals surface area contributed by atoms with E-state index >= 15 is 0 Å². The van der Waals surface area contributed by atoms with Gasteiger partial charge in [0.05, 0.1) is 24.6 Å². The molecule has 1 saturated heterocycles. The molecule has 4 rings (SSSR count). The Morgan fingerprint density at radius 3 is 2.96 bits per heavy atom. The molecule has 1 aromatic carbocycles. The van der Waals surface area contributed by atoms with Crippen molar-refractivity contribution in [3.05, 3.63) is 40.1 Å². The number of nitrogens with zero attached hydrogens (tertiary/aromatic N) is 3. The van der Waals surface area contributed by atoms with Crippen LogP contribution in [0.15, 0.2) is 34.0 Å². The molecule has 28 heavy (non-hydrogen) atoms. The third-order valence-corrected chi connectivity index (χ3v) is 5.44. The van der Waals surface area contributed by atoms with E-state index in [1.54, 1.807) is 0 Å². The molecule has 0 radical (unpaired) electrons. The first-order chi connectivity index (χ1) is 13.4. The first kappa shape index (κ1) is 18.8. The number of nitrogens with two attached hydrogens (primary N) is 1. The number of carbonyl (C=O) groups is 1. The van der Waals surface area contributed by atoms with Gasteiger partial charge in [-0.25, -0.2) is 14.8 Å². The molecule has 9 heteroatoms. The molecule has 3 N–H and O–H groups in total. The summed E-state index contributed by atoms with van der Waals surface area (Å²) in [6.45, 7) is 4.97. The molecule has 0 bridgehead atoms. The smallest absolute Gasteiger partial charge is 0.407 e. The predicted molar refractivity (Wildman–Crippen MR) is 108 cm³/mol. The maximum Gasteiger partial charge on any atom is 0.407 e. The van der Waals surface area contributed by atoms with Gasteiger partial charge in [-0.15, -0.1) is 0 Å². The number of aromatic nitrogens is 2. The van der Waals surface area contributed by atoms with Gasteiger partial charge in [0.2, 0.25) is 0 Å². The Labute approximate surface area is 170 Å². The van der Waals surface area contributed by atoms with Gasteiger partial charge in [0.25, 0.3) is 0 Å². The number of ether oxygens (including phenoxy) is 2. The lowest BCUT2D eigenvalue weighted by Crippen LogP contribution is -2.36. The van der Waals surface area contributed by atoms with E-state index < -0.39 is 11.5 Å². The van der Waals surface area contributed by atoms with Crippen LogP contribution in [-0.4, -0.2) is 47.8 Å². The summed E-state index contributed by atoms with van der Waals surface area (Å²) >= 11 is 3.54. The van der Waals surface area contributed by atoms with Crippen LogP contribution in [0.25, 0.3) is 11.3 Å². The summed E-state index contributed by atoms with van der Waals surface area (Å²) in [4.78, 5) is 24.5. The Bertz CT molecular complexity index is 976. The fraction of sp³-hybridized carbons (Fsp3) is 0.368. The van der Waals surface area contributed by atoms with Gasteiger partial charge in [-0.2, -0.15) is 0 Å². The van der Waals surface area contributed by atoms with E-state index in [1.165, 1.54) is 6.33 Å². The molecule has 0 spiro atoms. The highest BCUT2D eigenvalue weighted by Gasteiger charge is 2.40. The van der Waals surface area contributed by atoms with Crippen molar-refractivity contribution < 1.29 is 14.3 Å². The standard InChI is InChI=1S/C19H20BrN5O3/c1-19(2)14-15(23-8-24-17(14)21)12-4-3-10(20)5-13(12)16(19)25-9-27-7-11-6-22-18(26)28-11/h3-5,8,11H,6-7,9H2,1-2H3,(H,22,26)(H2,21,23,24)/b25-16+/t11-/m0/s1. The molecule has 2 aliphatic rings. The average Bonchev–Trinajstić information content (AvgIpc) is 3.05. The minimum Gasteiger partial charge on any atom is -0.442 e. The van der Waals surface area contributed by atoms with E-state index in [4.69, 9.17) is 20.2 Å². The van der Waals surface area contributed by atoms with Crippen LogP contribution in [0.5, 0.6) is 0 Å². The Kier molecular flexibility index (Phi) is 4.80. The van der Waals surface area contributed by atoms with E-state index in [1.807, 2.05) is 18.2 Å². The zero-order valence-corrected chi connectivity index (χ0v) is 17.1. The highest BCUT2D eigenvalue weighted by molar-refractivity contribution is 9.10. The van der Waals surface area contributed by atoms with Crippen molar-refractivity contribution in [2.75, 3.05) is 25.6 Å². The number of nitrogens with one attached hydrogen (secondary N) is 1. The average molecular weight is 446 g/mol. The van der Waals surface area contributed by atoms with Crippen LogP contribution in [-0.2, 0) is 14.9 Å². The summed E-state index contributed by atoms with van der Waals surface area (Å²) in [5.74, 6) is 0.445. The Hall–Kier alpha value is -2.52. The van der Waals surface area contributed by atoms with Crippen LogP contribution in [0.3, 0.4) is 0 Å². The zero-order valence-electron chi connectivity index (χ0n) is 15.5. The van der Waals surface area contributed by atoms with E-state index in [9.17, 15) is 4.79 Å². The zero-order chi connectivity index (χ0) is 19.9. The molecule has 0 saturated carbocycles. The molecular weight excluding hydrogens is 426 g/mol. The van der Waals surface area contributed by atoms with Crippen molar-refractivity contribution in [2.24, 2.45) is 4.99 Å². The lowest BCUT2D eigenvalue weighted by Gasteiger charge is -2.35. The van der Waals surface area contributed by atoms with Crippen molar-refractivity contribution in [3.63, 3.8) is 0 Å². The van der Waals surface area contributed by atoms with Gasteiger partial charge in [0, 0.05) is 26.6 Å². The molecule has 1 aromatic heterocycles. The summed E-state index contributed by atoms with van der Waals surface area (Å²) in [6, 6.07) is 5.99. The first-order valence-corrected chi connectivity index (χ1v) is 9.65. The van der Waals surface area contributed by atoms with E-state index in [0.717, 1.165) is 32.6 Å². The first-order valence-electron chi connectivity index (χ1n) is 8.86. The van der Waals surface area contributed by atoms with Gasteiger partial charge in [0.1, 0.15) is 25.0 Å². The third-order valence-electron chi connectivity index (χ3n) is 4.95. The minimum absolute atomic E-state index is 0.141. The number of hydrogen-bond donors (Lipinski definition) is 2. The van der Waals surface area contributed by atoms with Crippen LogP contribution in [0.2, 0.25) is 0 Å². The Balaban J connectivity index is 1.67. The fourth-order valence-electron chi connectivity index (χ4n) is 3.70. The molecule has 0 unspecified atom stereocenters. The number of aliphatic imine (C=N–C) groups is 1. The molecule has 1 aliphatic carbocycles. The number of carbonyl (C=O) groups excluding carboxylic acids is 1. The fourth-order valence-corrected chi connectivity index (χ4v) is 4.06. The predicted octanol–water partition coefficient (Wildman–Crippen LogP) is 2.65. The molecule has 8 nitrogen and oxygen atoms in total. The summed E-state index contributed by atoms with van der Waals surface area (Å²) in [7, 11) is 0. The van der Waals surface area contributed by atoms with Crippen molar-refractivity contribution in [1.82, 2.24) is 15.3 Å². The number of cyclic esters (lactones) is 1. The summed E-state index contributed by atoms with van der Waals surface area (Å²) in [5, 5.41) is 2.60. The second-order valence-electron chi connectivity index (χ2n) is 7.21. The van der Waals surface area contributed by atoms with Crippen molar-refractivity contribution in [3.8, 4) is 11.3 Å². The lowest BCUT2D eigenvalue weighted by atomic mass is 9.70. The number of alkyl carbamates (subject to hydrolysis) is 1. The van der Waals surface area contributed by atoms with Gasteiger partial charge >= 0.3 is 6.09 Å². The van der Waals surface area contributed by atoms with Crippen LogP contribution in [0.1, 0.15) is 25.0 Å². The molecule has 1 fully saturated rings. The second kappa shape index (κ2) is 7.14. The topological polar surface area (TPSA) is 112 Å². The largest absolute Gasteiger partial charge is 0.442 e. The van der Waals surface area contributed by atoms with Gasteiger partial charge in [-0.3, -0.25) is 4.99 Å². The van der Waals surface area contributed by atoms with Gasteiger partial charge in [0.15, 0.2) is 0 Å². The van der Waals surface area contributed by atoms with Crippen LogP contribution in [0.4, 0.5) is 10.6 Å². The molecule has 1 atom stereocenters. The highest BCUT2D eigenvalue weighted by atomic mass is 79.9. The van der Waals surface area contributed by atoms with Crippen LogP contribution in [0, 0.1) is 0 Å². The number of amides is 1. The molecule has 2 heterocycles. The third kappa shape index (κ3) is 3.24. The monoisotopic (exact) mass is 445 g/mol. The number of anilines is 1. The quantitative estimate of drug-likeness (QED) is 0.699. The summed E-state index contributed by atoms with van der Waals surface area (Å²) < 4.78 is 11.7. The molecular formula is C19H20BrN5O3. The maximum atomic E-state index is 11.1. The van der Waals surface area contributed by atoms with Gasteiger partial charge in [-0.05, 0) is 26.0 Å². The molecule has 2 aromatic rings. The minimum atomic E-state index is -0.501. The van der Waals surface area contributed by atoms with E-state index in [2.05, 4.69) is 45.1 Å².